The third-order valence-electron chi connectivity index (χ3n) is 18.0. The van der Waals surface area contributed by atoms with Crippen LogP contribution >= 0.6 is 87.7 Å². The van der Waals surface area contributed by atoms with Crippen molar-refractivity contribution < 1.29 is 83.9 Å². The first-order valence-corrected chi connectivity index (χ1v) is 44.9. The minimum Gasteiger partial charge on any atom is -1.00 e. The van der Waals surface area contributed by atoms with Crippen molar-refractivity contribution in [3.05, 3.63) is 566 Å². The zero-order valence-electron chi connectivity index (χ0n) is 75.3. The normalized spacial score (nSPS) is 10.5. The zero-order chi connectivity index (χ0) is 89.3. The molecule has 16 aromatic rings. The number of carbonyl (C=O) groups is 2. The molecule has 6 nitrogen and oxygen atoms in total. The molecule has 648 valence electrons. The van der Waals surface area contributed by atoms with E-state index in [-0.39, 0.29) is 95.1 Å². The first-order chi connectivity index (χ1) is 60.7. The van der Waals surface area contributed by atoms with Gasteiger partial charge in [0.2, 0.25) is 0 Å². The number of benzene rings is 16. The van der Waals surface area contributed by atoms with Crippen molar-refractivity contribution in [2.24, 2.45) is 0 Å². The van der Waals surface area contributed by atoms with Gasteiger partial charge in [-0.3, -0.25) is 9.59 Å². The molecular formula is C114H111Br4Cl2KMgO6. The van der Waals surface area contributed by atoms with Crippen LogP contribution in [0.5, 0.6) is 0 Å². The van der Waals surface area contributed by atoms with Gasteiger partial charge in [0.05, 0.1) is 5.38 Å². The van der Waals surface area contributed by atoms with E-state index in [0.717, 1.165) is 107 Å². The molecular weight excluding hydrogens is 1920 g/mol. The van der Waals surface area contributed by atoms with Gasteiger partial charge in [0.15, 0.2) is 0 Å². The van der Waals surface area contributed by atoms with Gasteiger partial charge in [0.25, 0.3) is 0 Å². The van der Waals surface area contributed by atoms with Gasteiger partial charge in [-0.2, -0.15) is 0 Å². The van der Waals surface area contributed by atoms with Gasteiger partial charge in [0.1, 0.15) is 24.8 Å². The molecule has 0 aliphatic heterocycles. The fourth-order valence-corrected chi connectivity index (χ4v) is 13.1. The van der Waals surface area contributed by atoms with Gasteiger partial charge in [-0.15, -0.1) is 29.6 Å². The minimum absolute atomic E-state index is 0. The number of hydrogen-bond acceptors (Lipinski definition) is 6. The molecule has 3 atom stereocenters. The van der Waals surface area contributed by atoms with E-state index < -0.39 is 17.8 Å². The molecule has 0 amide bonds. The summed E-state index contributed by atoms with van der Waals surface area (Å²) in [4.78, 5) is 20.0. The summed E-state index contributed by atoms with van der Waals surface area (Å²) in [5, 5.41) is 32.9. The molecule has 0 heterocycles. The number of rotatable bonds is 18. The Kier molecular flexibility index (Phi) is 58.2. The van der Waals surface area contributed by atoms with Crippen LogP contribution in [-0.4, -0.2) is 64.7 Å². The van der Waals surface area contributed by atoms with Crippen molar-refractivity contribution in [2.45, 2.75) is 77.1 Å². The summed E-state index contributed by atoms with van der Waals surface area (Å²) in [6, 6.07) is 150. The molecule has 0 radical (unpaired) electrons. The molecule has 16 aromatic carbocycles. The van der Waals surface area contributed by atoms with Gasteiger partial charge < -0.3 is 22.9 Å². The summed E-state index contributed by atoms with van der Waals surface area (Å²) in [6.07, 6.45) is 7.82. The number of aliphatic hydroxyl groups excluding tert-OH is 2. The summed E-state index contributed by atoms with van der Waals surface area (Å²) < 4.78 is 9.21. The van der Waals surface area contributed by atoms with Crippen molar-refractivity contribution in [2.75, 3.05) is 13.2 Å². The van der Waals surface area contributed by atoms with E-state index in [0.29, 0.717) is 0 Å². The van der Waals surface area contributed by atoms with Crippen LogP contribution in [0.15, 0.2) is 467 Å². The molecule has 3 unspecified atom stereocenters. The Morgan fingerprint density at radius 1 is 0.305 bits per heavy atom. The van der Waals surface area contributed by atoms with Gasteiger partial charge in [-0.25, -0.2) is 0 Å². The molecule has 0 saturated carbocycles. The first kappa shape index (κ1) is 112. The predicted molar refractivity (Wildman–Crippen MR) is 552 cm³/mol. The molecule has 0 saturated heterocycles. The average Bonchev–Trinajstić information content (AvgIpc) is 0.861. The Bertz CT molecular complexity index is 5370. The Morgan fingerprint density at radius 2 is 0.484 bits per heavy atom. The summed E-state index contributed by atoms with van der Waals surface area (Å²) in [7, 11) is 0. The number of aliphatic hydroxyl groups is 2. The summed E-state index contributed by atoms with van der Waals surface area (Å²) in [6.45, 7) is 10.6. The van der Waals surface area contributed by atoms with E-state index in [1.165, 1.54) is 54.9 Å². The number of hydrogen-bond donors (Lipinski definition) is 2. The fraction of sp³-hybridized carbons (Fsp3) is 0.123. The van der Waals surface area contributed by atoms with Crippen LogP contribution in [-0.2, 0) is 24.0 Å². The second-order valence-electron chi connectivity index (χ2n) is 29.2. The monoisotopic (exact) mass is 2020 g/mol. The standard InChI is InChI=1S/C20H17Cl.C20H18O.C20H16.C13H11BrO.C13H11Br.2C7H6O.C6H4Br2.C4H9O.C4H10O.ClH.K.Mg.2H/c2*21-20(18-9-5-2-6-10-18)19-13-11-17(12-14-19)15-16-7-3-1-4-8-16;1-3-7-17(8-4-1)15-19-11-13-20(14-12-19)16-18-9-5-2-6-10-18;14-12-8-6-11(7-9-12)13(15)10-4-2-1-3-5-10;14-13-8-6-12(7-9-13)10-11-4-2-1-3-5-11;2*8-6-7-4-2-1-3-5-7;7-5-1-2-6(8)4-3-5;1-4(2,3)5;1-3-5-4-2;;;;;/h1-14,20H,15H2;1-14,20-21H,15H2;1-16H;1-9,13,15H;1-9H,10H2;2*1-6H;1-4H;1-3H3;3-4H2,1-2H3;1H;;;;/q;;;;;;;;-1;;;+1;+2;2*-1. The molecule has 2 N–H and O–H groups in total. The second kappa shape index (κ2) is 66.7. The van der Waals surface area contributed by atoms with Crippen LogP contribution in [0.3, 0.4) is 0 Å². The van der Waals surface area contributed by atoms with E-state index >= 15 is 0 Å². The first-order valence-electron chi connectivity index (χ1n) is 41.3. The molecule has 128 heavy (non-hydrogen) atoms. The Hall–Kier alpha value is -8.66. The van der Waals surface area contributed by atoms with Crippen molar-refractivity contribution in [3.63, 3.8) is 0 Å². The van der Waals surface area contributed by atoms with Gasteiger partial charge in [0, 0.05) is 42.2 Å². The maximum Gasteiger partial charge on any atom is 2.00 e. The third kappa shape index (κ3) is 48.3. The molecule has 14 heteroatoms. The van der Waals surface area contributed by atoms with Gasteiger partial charge in [-0.05, 0) is 182 Å². The number of aldehydes is 2. The maximum atomic E-state index is 10.4. The second-order valence-corrected chi connectivity index (χ2v) is 33.3. The topological polar surface area (TPSA) is 107 Å². The van der Waals surface area contributed by atoms with E-state index in [2.05, 4.69) is 294 Å². The number of halogens is 6. The van der Waals surface area contributed by atoms with Crippen LogP contribution < -0.4 is 66.9 Å². The molecule has 0 bridgehead atoms. The molecule has 0 aromatic heterocycles. The van der Waals surface area contributed by atoms with Crippen molar-refractivity contribution in [1.82, 2.24) is 0 Å². The zero-order valence-corrected chi connectivity index (χ0v) is 85.8. The average molecular weight is 2030 g/mol. The van der Waals surface area contributed by atoms with E-state index in [1.54, 1.807) is 45.0 Å². The molecule has 16 rings (SSSR count). The molecule has 0 fully saturated rings. The van der Waals surface area contributed by atoms with E-state index in [1.807, 2.05) is 220 Å². The smallest absolute Gasteiger partial charge is 1.00 e. The van der Waals surface area contributed by atoms with Crippen LogP contribution in [0, 0.1) is 0 Å². The quantitative estimate of drug-likeness (QED) is 0.0504. The van der Waals surface area contributed by atoms with Gasteiger partial charge in [-0.1, -0.05) is 485 Å². The Balaban J connectivity index is 0.000000503. The molecule has 0 aliphatic rings. The Labute approximate surface area is 865 Å². The van der Waals surface area contributed by atoms with Crippen LogP contribution in [0.25, 0.3) is 12.2 Å². The van der Waals surface area contributed by atoms with Crippen LogP contribution in [0.2, 0.25) is 0 Å². The molecule has 0 aliphatic carbocycles. The van der Waals surface area contributed by atoms with Crippen molar-refractivity contribution >= 4 is 136 Å². The van der Waals surface area contributed by atoms with Crippen LogP contribution in [0.1, 0.15) is 154 Å². The predicted octanol–water partition coefficient (Wildman–Crippen LogP) is 25.5. The minimum atomic E-state index is -0.750. The van der Waals surface area contributed by atoms with Crippen molar-refractivity contribution in [1.29, 1.82) is 0 Å². The third-order valence-corrected chi connectivity index (χ3v) is 20.6. The molecule has 0 spiro atoms. The largest absolute Gasteiger partial charge is 2.00 e. The van der Waals surface area contributed by atoms with E-state index in [4.69, 9.17) is 16.3 Å². The van der Waals surface area contributed by atoms with E-state index in [9.17, 15) is 24.9 Å². The number of ether oxygens (including phenoxy) is 1. The Morgan fingerprint density at radius 3 is 0.727 bits per heavy atom. The van der Waals surface area contributed by atoms with Crippen molar-refractivity contribution in [3.8, 4) is 0 Å². The number of carbonyl (C=O) groups excluding carboxylic acids is 2. The SMILES string of the molecule is Brc1ccc(Br)cc1.Brc1ccc(Cc2ccccc2)cc1.C(c1ccccc1)=c1ccc(=Cc2ccccc2)cc1.CC(C)(C)[O-].CCOCC.Cl.ClC(c1ccccc1)c1ccc(Cc2ccccc2)cc1.O=Cc1ccccc1.O=Cc1ccccc1.OC(c1ccccc1)c1ccc(Br)cc1.OC(c1ccccc1)c1ccc(Cc2ccccc2)cc1.[H-].[H-].[K+].[Mg+2]. The summed E-state index contributed by atoms with van der Waals surface area (Å²) >= 11 is 20.0. The number of alkyl halides is 1. The van der Waals surface area contributed by atoms with Crippen LogP contribution in [0.4, 0.5) is 0 Å². The summed E-state index contributed by atoms with van der Waals surface area (Å²) in [5.41, 5.74) is 17.0. The fourth-order valence-electron chi connectivity index (χ4n) is 11.7. The summed E-state index contributed by atoms with van der Waals surface area (Å²) in [5.74, 6) is 0. The maximum absolute atomic E-state index is 10.4. The van der Waals surface area contributed by atoms with Gasteiger partial charge >= 0.3 is 74.4 Å².